The number of likely N-dealkylation sites (tertiary alicyclic amines) is 1. The summed E-state index contributed by atoms with van der Waals surface area (Å²) in [5.74, 6) is -6.06. The van der Waals surface area contributed by atoms with E-state index in [9.17, 15) is 32.8 Å². The molecule has 3 saturated carbocycles. The molecule has 44 heavy (non-hydrogen) atoms. The topological polar surface area (TPSA) is 134 Å². The summed E-state index contributed by atoms with van der Waals surface area (Å²) in [6.07, 6.45) is 7.99. The van der Waals surface area contributed by atoms with Crippen molar-refractivity contribution in [1.29, 1.82) is 0 Å². The number of Topliss-reactive ketones (excluding diaryl/α,β-unsaturated/α-hetero) is 1. The van der Waals surface area contributed by atoms with Crippen LogP contribution in [0.1, 0.15) is 118 Å². The smallest absolute Gasteiger partial charge is 0.408 e. The van der Waals surface area contributed by atoms with Crippen molar-refractivity contribution in [3.63, 3.8) is 0 Å². The van der Waals surface area contributed by atoms with Crippen molar-refractivity contribution in [2.45, 2.75) is 154 Å². The number of carbonyl (C=O) groups excluding carboxylic acids is 5. The molecule has 4 rings (SSSR count). The van der Waals surface area contributed by atoms with Gasteiger partial charge in [-0.1, -0.05) is 40.0 Å². The standard InChI is InChI=1S/C32H50F2N4O6/c1-30(2,3)25(37-29(43)44-21-10-6-7-11-21)28(42)38-19-32(15-8-5-9-16-32)18-23(38)26(40)36-22(14-17-31(4,33)34)24(39)27(41)35-20-12-13-20/h20-23,25H,5-19H2,1-4H3,(H,35,41)(H,36,40)(H,37,43)/t22-,23-,25+/m0/s1. The first-order valence-electron chi connectivity index (χ1n) is 16.4. The molecule has 4 amide bonds. The van der Waals surface area contributed by atoms with Crippen molar-refractivity contribution in [2.75, 3.05) is 6.54 Å². The summed E-state index contributed by atoms with van der Waals surface area (Å²) in [6.45, 7) is 6.51. The summed E-state index contributed by atoms with van der Waals surface area (Å²) in [5.41, 5.74) is -1.02. The largest absolute Gasteiger partial charge is 0.446 e. The number of halogens is 2. The number of amides is 4. The lowest BCUT2D eigenvalue weighted by atomic mass is 9.72. The molecule has 1 aliphatic heterocycles. The first-order chi connectivity index (χ1) is 20.6. The van der Waals surface area contributed by atoms with Gasteiger partial charge in [0.2, 0.25) is 23.5 Å². The highest BCUT2D eigenvalue weighted by Crippen LogP contribution is 2.47. The highest BCUT2D eigenvalue weighted by Gasteiger charge is 2.52. The molecule has 0 unspecified atom stereocenters. The van der Waals surface area contributed by atoms with E-state index in [0.717, 1.165) is 77.6 Å². The molecular formula is C32H50F2N4O6. The lowest BCUT2D eigenvalue weighted by Crippen LogP contribution is -2.59. The Morgan fingerprint density at radius 2 is 1.55 bits per heavy atom. The number of nitrogens with one attached hydrogen (secondary N) is 3. The van der Waals surface area contributed by atoms with Gasteiger partial charge in [-0.05, 0) is 82.0 Å². The molecule has 0 aromatic heterocycles. The Bertz CT molecular complexity index is 1090. The quantitative estimate of drug-likeness (QED) is 0.292. The van der Waals surface area contributed by atoms with E-state index in [0.29, 0.717) is 13.0 Å². The Hall–Kier alpha value is -2.79. The van der Waals surface area contributed by atoms with E-state index in [4.69, 9.17) is 4.74 Å². The Morgan fingerprint density at radius 1 is 0.909 bits per heavy atom. The monoisotopic (exact) mass is 624 g/mol. The highest BCUT2D eigenvalue weighted by molar-refractivity contribution is 6.38. The minimum absolute atomic E-state index is 0.119. The molecular weight excluding hydrogens is 574 g/mol. The van der Waals surface area contributed by atoms with Gasteiger partial charge < -0.3 is 25.6 Å². The van der Waals surface area contributed by atoms with Crippen LogP contribution in [-0.2, 0) is 23.9 Å². The zero-order valence-electron chi connectivity index (χ0n) is 26.6. The van der Waals surface area contributed by atoms with E-state index in [-0.39, 0.29) is 17.6 Å². The summed E-state index contributed by atoms with van der Waals surface area (Å²) in [4.78, 5) is 68.2. The third kappa shape index (κ3) is 9.12. The van der Waals surface area contributed by atoms with Crippen LogP contribution in [0.25, 0.3) is 0 Å². The second-order valence-electron chi connectivity index (χ2n) is 14.8. The van der Waals surface area contributed by atoms with E-state index < -0.39 is 71.9 Å². The van der Waals surface area contributed by atoms with Crippen LogP contribution in [0.5, 0.6) is 0 Å². The van der Waals surface area contributed by atoms with Crippen molar-refractivity contribution in [2.24, 2.45) is 10.8 Å². The van der Waals surface area contributed by atoms with Gasteiger partial charge in [-0.25, -0.2) is 13.6 Å². The highest BCUT2D eigenvalue weighted by atomic mass is 19.3. The fraction of sp³-hybridized carbons (Fsp3) is 0.844. The van der Waals surface area contributed by atoms with Crippen LogP contribution in [0.15, 0.2) is 0 Å². The molecule has 10 nitrogen and oxygen atoms in total. The molecule has 0 bridgehead atoms. The van der Waals surface area contributed by atoms with Crippen LogP contribution >= 0.6 is 0 Å². The van der Waals surface area contributed by atoms with Gasteiger partial charge in [-0.3, -0.25) is 19.2 Å². The maximum Gasteiger partial charge on any atom is 0.408 e. The van der Waals surface area contributed by atoms with E-state index in [2.05, 4.69) is 16.0 Å². The van der Waals surface area contributed by atoms with Crippen LogP contribution in [0.2, 0.25) is 0 Å². The third-order valence-corrected chi connectivity index (χ3v) is 9.60. The van der Waals surface area contributed by atoms with Crippen molar-refractivity contribution in [3.8, 4) is 0 Å². The SMILES string of the molecule is CC(F)(F)CC[C@H](NC(=O)[C@@H]1CC2(CCCCC2)CN1C(=O)[C@@H](NC(=O)OC1CCCC1)C(C)(C)C)C(=O)C(=O)NC1CC1. The van der Waals surface area contributed by atoms with Crippen LogP contribution in [0.4, 0.5) is 13.6 Å². The fourth-order valence-corrected chi connectivity index (χ4v) is 6.89. The number of nitrogens with zero attached hydrogens (tertiary/aromatic N) is 1. The number of rotatable bonds is 11. The number of ketones is 1. The molecule has 0 radical (unpaired) electrons. The molecule has 0 aromatic carbocycles. The number of alkyl carbamates (subject to hydrolysis) is 1. The number of hydrogen-bond acceptors (Lipinski definition) is 6. The van der Waals surface area contributed by atoms with Gasteiger partial charge in [-0.15, -0.1) is 0 Å². The molecule has 1 heterocycles. The molecule has 4 fully saturated rings. The molecule has 3 aliphatic carbocycles. The van der Waals surface area contributed by atoms with E-state index >= 15 is 0 Å². The van der Waals surface area contributed by atoms with E-state index in [1.165, 1.54) is 4.90 Å². The number of ether oxygens (including phenoxy) is 1. The summed E-state index contributed by atoms with van der Waals surface area (Å²) < 4.78 is 33.2. The Morgan fingerprint density at radius 3 is 2.11 bits per heavy atom. The van der Waals surface area contributed by atoms with Crippen molar-refractivity contribution in [3.05, 3.63) is 0 Å². The number of hydrogen-bond donors (Lipinski definition) is 3. The lowest BCUT2D eigenvalue weighted by Gasteiger charge is -2.36. The summed E-state index contributed by atoms with van der Waals surface area (Å²) in [6, 6.07) is -3.55. The average Bonchev–Trinajstić information content (AvgIpc) is 3.46. The number of carbonyl (C=O) groups is 5. The molecule has 0 aromatic rings. The van der Waals surface area contributed by atoms with Gasteiger partial charge in [-0.2, -0.15) is 0 Å². The van der Waals surface area contributed by atoms with Crippen molar-refractivity contribution in [1.82, 2.24) is 20.9 Å². The van der Waals surface area contributed by atoms with Crippen LogP contribution < -0.4 is 16.0 Å². The Kier molecular flexibility index (Phi) is 10.6. The van der Waals surface area contributed by atoms with Crippen LogP contribution in [0, 0.1) is 10.8 Å². The van der Waals surface area contributed by atoms with Gasteiger partial charge in [0.05, 0.1) is 6.04 Å². The normalized spacial score (nSPS) is 23.6. The summed E-state index contributed by atoms with van der Waals surface area (Å²) in [5, 5.41) is 7.94. The lowest BCUT2D eigenvalue weighted by molar-refractivity contribution is -0.144. The third-order valence-electron chi connectivity index (χ3n) is 9.60. The van der Waals surface area contributed by atoms with Crippen molar-refractivity contribution < 1.29 is 37.5 Å². The minimum atomic E-state index is -3.10. The second kappa shape index (κ2) is 13.7. The maximum absolute atomic E-state index is 14.3. The number of alkyl halides is 2. The molecule has 1 saturated heterocycles. The van der Waals surface area contributed by atoms with E-state index in [1.54, 1.807) is 0 Å². The maximum atomic E-state index is 14.3. The molecule has 3 atom stereocenters. The van der Waals surface area contributed by atoms with Crippen LogP contribution in [0.3, 0.4) is 0 Å². The van der Waals surface area contributed by atoms with Gasteiger partial charge in [0.25, 0.3) is 5.91 Å². The minimum Gasteiger partial charge on any atom is -0.446 e. The van der Waals surface area contributed by atoms with Gasteiger partial charge in [0.15, 0.2) is 0 Å². The van der Waals surface area contributed by atoms with Crippen molar-refractivity contribution >= 4 is 29.6 Å². The zero-order valence-corrected chi connectivity index (χ0v) is 26.6. The molecule has 3 N–H and O–H groups in total. The summed E-state index contributed by atoms with van der Waals surface area (Å²) >= 11 is 0. The Labute approximate surface area is 259 Å². The molecule has 1 spiro atoms. The first-order valence-corrected chi connectivity index (χ1v) is 16.4. The average molecular weight is 625 g/mol. The van der Waals surface area contributed by atoms with E-state index in [1.807, 2.05) is 20.8 Å². The molecule has 4 aliphatic rings. The Balaban J connectivity index is 1.55. The predicted octanol–water partition coefficient (Wildman–Crippen LogP) is 4.39. The summed E-state index contributed by atoms with van der Waals surface area (Å²) in [7, 11) is 0. The van der Waals surface area contributed by atoms with Gasteiger partial charge in [0.1, 0.15) is 18.2 Å². The van der Waals surface area contributed by atoms with Gasteiger partial charge in [0, 0.05) is 19.0 Å². The zero-order chi connectivity index (χ0) is 32.3. The second-order valence-corrected chi connectivity index (χ2v) is 14.8. The predicted molar refractivity (Wildman–Crippen MR) is 159 cm³/mol. The van der Waals surface area contributed by atoms with Crippen LogP contribution in [-0.4, -0.2) is 77.2 Å². The first kappa shape index (κ1) is 34.1. The molecule has 12 heteroatoms. The fourth-order valence-electron chi connectivity index (χ4n) is 6.89. The van der Waals surface area contributed by atoms with Gasteiger partial charge >= 0.3 is 6.09 Å². The molecule has 248 valence electrons.